The van der Waals surface area contributed by atoms with Crippen molar-refractivity contribution in [3.63, 3.8) is 0 Å². The molecule has 0 aliphatic rings. The number of hydrogen-bond acceptors (Lipinski definition) is 5. The van der Waals surface area contributed by atoms with Crippen molar-refractivity contribution >= 4 is 22.9 Å². The van der Waals surface area contributed by atoms with E-state index in [0.717, 1.165) is 28.9 Å². The zero-order chi connectivity index (χ0) is 28.2. The highest BCUT2D eigenvalue weighted by molar-refractivity contribution is 6.00. The summed E-state index contributed by atoms with van der Waals surface area (Å²) in [6.45, 7) is 1.75. The molecule has 0 aliphatic carbocycles. The van der Waals surface area contributed by atoms with Crippen molar-refractivity contribution in [2.45, 2.75) is 38.1 Å². The summed E-state index contributed by atoms with van der Waals surface area (Å²) in [7, 11) is 3.45. The summed E-state index contributed by atoms with van der Waals surface area (Å²) in [5, 5.41) is 28.3. The third kappa shape index (κ3) is 5.37. The third-order valence-corrected chi connectivity index (χ3v) is 7.45. The fraction of sp³-hybridized carbons (Fsp3) is 0.258. The molecular formula is C31H29N5O3. The van der Waals surface area contributed by atoms with Crippen molar-refractivity contribution in [2.24, 2.45) is 7.05 Å². The van der Waals surface area contributed by atoms with Crippen molar-refractivity contribution in [1.29, 1.82) is 10.5 Å². The minimum Gasteiger partial charge on any atom is -0.479 e. The molecule has 0 saturated carbocycles. The first kappa shape index (κ1) is 27.1. The predicted molar refractivity (Wildman–Crippen MR) is 147 cm³/mol. The van der Waals surface area contributed by atoms with Crippen LogP contribution in [0.4, 0.5) is 0 Å². The molecule has 1 atom stereocenters. The lowest BCUT2D eigenvalue weighted by molar-refractivity contribution is -0.149. The van der Waals surface area contributed by atoms with Gasteiger partial charge < -0.3 is 14.6 Å². The minimum absolute atomic E-state index is 0.109. The highest BCUT2D eigenvalue weighted by Crippen LogP contribution is 2.28. The lowest BCUT2D eigenvalue weighted by atomic mass is 9.86. The predicted octanol–water partition coefficient (Wildman–Crippen LogP) is 4.65. The molecule has 8 nitrogen and oxygen atoms in total. The van der Waals surface area contributed by atoms with Gasteiger partial charge in [-0.25, -0.2) is 9.78 Å². The number of carbonyl (C=O) groups is 2. The number of imidazole rings is 1. The molecule has 0 radical (unpaired) electrons. The lowest BCUT2D eigenvalue weighted by Gasteiger charge is -2.38. The highest BCUT2D eigenvalue weighted by Gasteiger charge is 2.43. The Kier molecular flexibility index (Phi) is 7.78. The van der Waals surface area contributed by atoms with Crippen LogP contribution in [0.5, 0.6) is 0 Å². The van der Waals surface area contributed by atoms with Gasteiger partial charge in [0.05, 0.1) is 34.3 Å². The Morgan fingerprint density at radius 3 is 2.08 bits per heavy atom. The molecule has 4 aromatic rings. The van der Waals surface area contributed by atoms with Crippen molar-refractivity contribution in [2.75, 3.05) is 7.05 Å². The molecule has 0 spiro atoms. The van der Waals surface area contributed by atoms with E-state index in [2.05, 4.69) is 12.1 Å². The smallest absolute Gasteiger partial charge is 0.329 e. The number of nitrogens with zero attached hydrogens (tertiary/aromatic N) is 5. The van der Waals surface area contributed by atoms with E-state index in [9.17, 15) is 14.7 Å². The first-order valence-electron chi connectivity index (χ1n) is 12.7. The summed E-state index contributed by atoms with van der Waals surface area (Å²) in [6.07, 6.45) is 1.75. The number of aryl methyl sites for hydroxylation is 3. The standard InChI is InChI=1S/C31H29N5O3/c1-4-31(30(38)39,18-22-7-11-24(20-33)12-8-22)36(3)29(37)25-14-15-27-26(17-25)34-28(35(27)2)16-13-21-5-9-23(19-32)10-6-21/h5-12,14-15,17H,4,13,16,18H2,1-3H3,(H,38,39). The Balaban J connectivity index is 1.58. The van der Waals surface area contributed by atoms with E-state index in [4.69, 9.17) is 15.5 Å². The zero-order valence-electron chi connectivity index (χ0n) is 22.2. The first-order valence-corrected chi connectivity index (χ1v) is 12.7. The second kappa shape index (κ2) is 11.2. The molecule has 1 aromatic heterocycles. The average molecular weight is 520 g/mol. The van der Waals surface area contributed by atoms with Gasteiger partial charge in [0.15, 0.2) is 0 Å². The van der Waals surface area contributed by atoms with E-state index >= 15 is 0 Å². The normalized spacial score (nSPS) is 12.3. The van der Waals surface area contributed by atoms with Gasteiger partial charge in [-0.2, -0.15) is 10.5 Å². The summed E-state index contributed by atoms with van der Waals surface area (Å²) in [5.74, 6) is -0.629. The van der Waals surface area contributed by atoms with Gasteiger partial charge in [0.25, 0.3) is 5.91 Å². The zero-order valence-corrected chi connectivity index (χ0v) is 22.2. The van der Waals surface area contributed by atoms with Gasteiger partial charge in [-0.3, -0.25) is 4.79 Å². The van der Waals surface area contributed by atoms with Crippen LogP contribution in [0.25, 0.3) is 11.0 Å². The van der Waals surface area contributed by atoms with Crippen molar-refractivity contribution in [1.82, 2.24) is 14.5 Å². The number of carbonyl (C=O) groups excluding carboxylic acids is 1. The quantitative estimate of drug-likeness (QED) is 0.343. The number of aliphatic carboxylic acids is 1. The largest absolute Gasteiger partial charge is 0.479 e. The second-order valence-corrected chi connectivity index (χ2v) is 9.64. The molecule has 4 rings (SSSR count). The van der Waals surface area contributed by atoms with Crippen LogP contribution in [-0.2, 0) is 31.1 Å². The fourth-order valence-electron chi connectivity index (χ4n) is 4.88. The minimum atomic E-state index is -1.46. The Morgan fingerprint density at radius 2 is 1.54 bits per heavy atom. The summed E-state index contributed by atoms with van der Waals surface area (Å²) >= 11 is 0. The van der Waals surface area contributed by atoms with Crippen LogP contribution in [0.2, 0.25) is 0 Å². The molecule has 3 aromatic carbocycles. The van der Waals surface area contributed by atoms with Gasteiger partial charge >= 0.3 is 5.97 Å². The molecule has 0 bridgehead atoms. The molecule has 1 amide bonds. The number of benzene rings is 3. The van der Waals surface area contributed by atoms with Crippen LogP contribution >= 0.6 is 0 Å². The van der Waals surface area contributed by atoms with Gasteiger partial charge in [-0.05, 0) is 66.4 Å². The van der Waals surface area contributed by atoms with Crippen molar-refractivity contribution in [3.8, 4) is 12.1 Å². The van der Waals surface area contributed by atoms with Gasteiger partial charge in [0.1, 0.15) is 11.4 Å². The van der Waals surface area contributed by atoms with Crippen LogP contribution < -0.4 is 0 Å². The number of hydrogen-bond donors (Lipinski definition) is 1. The summed E-state index contributed by atoms with van der Waals surface area (Å²) in [6, 6.07) is 23.7. The topological polar surface area (TPSA) is 123 Å². The molecule has 1 N–H and O–H groups in total. The number of aromatic nitrogens is 2. The van der Waals surface area contributed by atoms with E-state index in [1.807, 2.05) is 29.8 Å². The number of fused-ring (bicyclic) bond motifs is 1. The van der Waals surface area contributed by atoms with E-state index < -0.39 is 17.4 Å². The monoisotopic (exact) mass is 519 g/mol. The number of nitriles is 2. The number of likely N-dealkylation sites (N-methyl/N-ethyl adjacent to an activating group) is 1. The fourth-order valence-corrected chi connectivity index (χ4v) is 4.88. The molecule has 1 unspecified atom stereocenters. The summed E-state index contributed by atoms with van der Waals surface area (Å²) in [4.78, 5) is 32.2. The molecule has 0 aliphatic heterocycles. The lowest BCUT2D eigenvalue weighted by Crippen LogP contribution is -2.56. The van der Waals surface area contributed by atoms with Gasteiger partial charge in [-0.15, -0.1) is 0 Å². The van der Waals surface area contributed by atoms with Crippen LogP contribution in [-0.4, -0.2) is 44.0 Å². The third-order valence-electron chi connectivity index (χ3n) is 7.45. The van der Waals surface area contributed by atoms with Crippen LogP contribution in [0, 0.1) is 22.7 Å². The molecule has 1 heterocycles. The Labute approximate surface area is 227 Å². The first-order chi connectivity index (χ1) is 18.7. The van der Waals surface area contributed by atoms with Crippen LogP contribution in [0.3, 0.4) is 0 Å². The second-order valence-electron chi connectivity index (χ2n) is 9.64. The maximum atomic E-state index is 13.6. The van der Waals surface area contributed by atoms with Crippen LogP contribution in [0.15, 0.2) is 66.7 Å². The number of amides is 1. The summed E-state index contributed by atoms with van der Waals surface area (Å²) < 4.78 is 2.00. The molecular weight excluding hydrogens is 490 g/mol. The molecule has 0 saturated heterocycles. The van der Waals surface area contributed by atoms with E-state index in [1.165, 1.54) is 11.9 Å². The van der Waals surface area contributed by atoms with E-state index in [0.29, 0.717) is 28.6 Å². The number of carboxylic acids is 1. The highest BCUT2D eigenvalue weighted by atomic mass is 16.4. The van der Waals surface area contributed by atoms with Crippen LogP contribution in [0.1, 0.15) is 51.8 Å². The molecule has 39 heavy (non-hydrogen) atoms. The molecule has 0 fully saturated rings. The van der Waals surface area contributed by atoms with Crippen molar-refractivity contribution < 1.29 is 14.7 Å². The average Bonchev–Trinajstić information content (AvgIpc) is 3.28. The van der Waals surface area contributed by atoms with Gasteiger partial charge in [0.2, 0.25) is 0 Å². The van der Waals surface area contributed by atoms with Gasteiger partial charge in [-0.1, -0.05) is 31.2 Å². The maximum absolute atomic E-state index is 13.6. The Bertz CT molecular complexity index is 1610. The van der Waals surface area contributed by atoms with E-state index in [-0.39, 0.29) is 12.8 Å². The molecule has 196 valence electrons. The molecule has 8 heteroatoms. The van der Waals surface area contributed by atoms with E-state index in [1.54, 1.807) is 55.5 Å². The number of rotatable bonds is 9. The Morgan fingerprint density at radius 1 is 0.949 bits per heavy atom. The summed E-state index contributed by atoms with van der Waals surface area (Å²) in [5.41, 5.74) is 3.38. The maximum Gasteiger partial charge on any atom is 0.329 e. The van der Waals surface area contributed by atoms with Crippen molar-refractivity contribution in [3.05, 3.63) is 100 Å². The Hall–Kier alpha value is -4.95. The van der Waals surface area contributed by atoms with Gasteiger partial charge in [0, 0.05) is 32.5 Å². The number of carboxylic acid groups (broad SMARTS) is 1. The SMILES string of the molecule is CCC(Cc1ccc(C#N)cc1)(C(=O)O)N(C)C(=O)c1ccc2c(c1)nc(CCc1ccc(C#N)cc1)n2C.